The van der Waals surface area contributed by atoms with Gasteiger partial charge in [-0.1, -0.05) is 11.6 Å². The van der Waals surface area contributed by atoms with Crippen LogP contribution in [0.15, 0.2) is 6.07 Å². The van der Waals surface area contributed by atoms with E-state index in [1.807, 2.05) is 0 Å². The van der Waals surface area contributed by atoms with E-state index < -0.39 is 11.6 Å². The first kappa shape index (κ1) is 12.6. The molecule has 0 spiro atoms. The summed E-state index contributed by atoms with van der Waals surface area (Å²) in [5.74, 6) is -1.88. The molecule has 1 fully saturated rings. The molecule has 5 heteroatoms. The number of methoxy groups -OCH3 is 1. The molecule has 1 N–H and O–H groups in total. The molecular formula is C12H14ClF2NO. The van der Waals surface area contributed by atoms with Crippen molar-refractivity contribution in [3.8, 4) is 5.75 Å². The molecule has 1 aromatic rings. The van der Waals surface area contributed by atoms with Gasteiger partial charge in [0.2, 0.25) is 5.82 Å². The van der Waals surface area contributed by atoms with Crippen molar-refractivity contribution < 1.29 is 13.5 Å². The topological polar surface area (TPSA) is 21.3 Å². The highest BCUT2D eigenvalue weighted by molar-refractivity contribution is 6.30. The smallest absolute Gasteiger partial charge is 0.202 e. The van der Waals surface area contributed by atoms with Crippen molar-refractivity contribution in [1.29, 1.82) is 0 Å². The first-order valence-electron chi connectivity index (χ1n) is 5.57. The van der Waals surface area contributed by atoms with Crippen molar-refractivity contribution in [2.24, 2.45) is 0 Å². The van der Waals surface area contributed by atoms with Gasteiger partial charge in [0.15, 0.2) is 11.6 Å². The van der Waals surface area contributed by atoms with Crippen molar-refractivity contribution in [1.82, 2.24) is 5.32 Å². The Kier molecular flexibility index (Phi) is 3.84. The van der Waals surface area contributed by atoms with E-state index in [2.05, 4.69) is 5.32 Å². The molecular weight excluding hydrogens is 248 g/mol. The summed E-state index contributed by atoms with van der Waals surface area (Å²) in [7, 11) is 1.34. The quantitative estimate of drug-likeness (QED) is 0.826. The lowest BCUT2D eigenvalue weighted by atomic mass is 9.89. The van der Waals surface area contributed by atoms with Crippen LogP contribution in [0.4, 0.5) is 8.78 Å². The highest BCUT2D eigenvalue weighted by Gasteiger charge is 2.25. The second kappa shape index (κ2) is 5.19. The first-order chi connectivity index (χ1) is 8.15. The van der Waals surface area contributed by atoms with Gasteiger partial charge in [-0.25, -0.2) is 4.39 Å². The molecule has 0 radical (unpaired) electrons. The summed E-state index contributed by atoms with van der Waals surface area (Å²) in [5, 5.41) is 3.04. The molecule has 0 unspecified atom stereocenters. The van der Waals surface area contributed by atoms with Crippen LogP contribution in [0.2, 0.25) is 5.02 Å². The van der Waals surface area contributed by atoms with Gasteiger partial charge in [-0.2, -0.15) is 4.39 Å². The Balaban J connectivity index is 2.44. The van der Waals surface area contributed by atoms with Crippen molar-refractivity contribution in [3.63, 3.8) is 0 Å². The number of nitrogens with one attached hydrogen (secondary N) is 1. The van der Waals surface area contributed by atoms with E-state index in [4.69, 9.17) is 16.3 Å². The van der Waals surface area contributed by atoms with Crippen LogP contribution in [-0.2, 0) is 0 Å². The van der Waals surface area contributed by atoms with E-state index in [0.717, 1.165) is 25.9 Å². The number of halogens is 3. The van der Waals surface area contributed by atoms with Gasteiger partial charge in [-0.3, -0.25) is 0 Å². The Hall–Kier alpha value is -0.870. The number of ether oxygens (including phenoxy) is 1. The van der Waals surface area contributed by atoms with Crippen LogP contribution in [0, 0.1) is 11.6 Å². The second-order valence-corrected chi connectivity index (χ2v) is 4.54. The minimum atomic E-state index is -1.04. The molecule has 0 aliphatic carbocycles. The van der Waals surface area contributed by atoms with Gasteiger partial charge in [0.05, 0.1) is 12.1 Å². The molecule has 1 aliphatic heterocycles. The Labute approximate surface area is 104 Å². The van der Waals surface area contributed by atoms with Gasteiger partial charge in [0.1, 0.15) is 0 Å². The van der Waals surface area contributed by atoms with E-state index >= 15 is 0 Å². The van der Waals surface area contributed by atoms with Crippen LogP contribution in [0.5, 0.6) is 5.75 Å². The molecule has 1 heterocycles. The number of hydrogen-bond donors (Lipinski definition) is 1. The van der Waals surface area contributed by atoms with Crippen LogP contribution < -0.4 is 10.1 Å². The lowest BCUT2D eigenvalue weighted by Crippen LogP contribution is -2.27. The minimum absolute atomic E-state index is 0.0150. The molecule has 2 rings (SSSR count). The van der Waals surface area contributed by atoms with Gasteiger partial charge < -0.3 is 10.1 Å². The second-order valence-electron chi connectivity index (χ2n) is 4.13. The third-order valence-corrected chi connectivity index (χ3v) is 3.40. The maximum Gasteiger partial charge on any atom is 0.202 e. The van der Waals surface area contributed by atoms with E-state index in [9.17, 15) is 8.78 Å². The summed E-state index contributed by atoms with van der Waals surface area (Å²) < 4.78 is 32.0. The molecule has 17 heavy (non-hydrogen) atoms. The van der Waals surface area contributed by atoms with E-state index in [0.29, 0.717) is 5.56 Å². The molecule has 2 nitrogen and oxygen atoms in total. The predicted molar refractivity (Wildman–Crippen MR) is 62.8 cm³/mol. The van der Waals surface area contributed by atoms with Crippen LogP contribution in [-0.4, -0.2) is 20.2 Å². The van der Waals surface area contributed by atoms with Gasteiger partial charge in [0, 0.05) is 5.56 Å². The molecule has 0 bridgehead atoms. The van der Waals surface area contributed by atoms with Gasteiger partial charge in [0.25, 0.3) is 0 Å². The molecule has 0 saturated carbocycles. The zero-order chi connectivity index (χ0) is 12.4. The summed E-state index contributed by atoms with van der Waals surface area (Å²) in [6.45, 7) is 1.73. The highest BCUT2D eigenvalue weighted by atomic mass is 35.5. The fourth-order valence-electron chi connectivity index (χ4n) is 2.24. The summed E-state index contributed by atoms with van der Waals surface area (Å²) in [6, 6.07) is 1.48. The lowest BCUT2D eigenvalue weighted by molar-refractivity contribution is 0.355. The maximum absolute atomic E-state index is 13.7. The van der Waals surface area contributed by atoms with Crippen LogP contribution in [0.25, 0.3) is 0 Å². The summed E-state index contributed by atoms with van der Waals surface area (Å²) in [6.07, 6.45) is 1.75. The molecule has 0 amide bonds. The average molecular weight is 262 g/mol. The largest absolute Gasteiger partial charge is 0.493 e. The predicted octanol–water partition coefficient (Wildman–Crippen LogP) is 3.09. The van der Waals surface area contributed by atoms with E-state index in [-0.39, 0.29) is 16.7 Å². The molecule has 1 aromatic carbocycles. The van der Waals surface area contributed by atoms with E-state index in [1.54, 1.807) is 0 Å². The fourth-order valence-corrected chi connectivity index (χ4v) is 2.44. The Morgan fingerprint density at radius 2 is 1.94 bits per heavy atom. The Bertz CT molecular complexity index is 419. The molecule has 1 saturated heterocycles. The molecule has 94 valence electrons. The van der Waals surface area contributed by atoms with Crippen molar-refractivity contribution >= 4 is 11.6 Å². The zero-order valence-electron chi connectivity index (χ0n) is 9.53. The van der Waals surface area contributed by atoms with E-state index in [1.165, 1.54) is 13.2 Å². The Morgan fingerprint density at radius 1 is 1.29 bits per heavy atom. The third kappa shape index (κ3) is 2.38. The van der Waals surface area contributed by atoms with Gasteiger partial charge >= 0.3 is 0 Å². The Morgan fingerprint density at radius 3 is 2.53 bits per heavy atom. The number of hydrogen-bond acceptors (Lipinski definition) is 2. The SMILES string of the molecule is COc1c(C2CCNCC2)cc(Cl)c(F)c1F. The average Bonchev–Trinajstić information content (AvgIpc) is 2.36. The van der Waals surface area contributed by atoms with Crippen molar-refractivity contribution in [2.75, 3.05) is 20.2 Å². The van der Waals surface area contributed by atoms with Crippen molar-refractivity contribution in [3.05, 3.63) is 28.3 Å². The number of benzene rings is 1. The van der Waals surface area contributed by atoms with Crippen LogP contribution in [0.1, 0.15) is 24.3 Å². The third-order valence-electron chi connectivity index (χ3n) is 3.13. The summed E-state index contributed by atoms with van der Waals surface area (Å²) in [4.78, 5) is 0. The number of rotatable bonds is 2. The minimum Gasteiger partial charge on any atom is -0.493 e. The van der Waals surface area contributed by atoms with Gasteiger partial charge in [-0.15, -0.1) is 0 Å². The molecule has 0 aromatic heterocycles. The maximum atomic E-state index is 13.7. The zero-order valence-corrected chi connectivity index (χ0v) is 10.3. The van der Waals surface area contributed by atoms with Gasteiger partial charge in [-0.05, 0) is 37.9 Å². The summed E-state index contributed by atoms with van der Waals surface area (Å²) in [5.41, 5.74) is 0.665. The lowest BCUT2D eigenvalue weighted by Gasteiger charge is -2.25. The monoisotopic (exact) mass is 261 g/mol. The van der Waals surface area contributed by atoms with Crippen LogP contribution in [0.3, 0.4) is 0 Å². The standard InChI is InChI=1S/C12H14ClF2NO/c1-17-12-8(7-2-4-16-5-3-7)6-9(13)10(14)11(12)15/h6-7,16H,2-5H2,1H3. The van der Waals surface area contributed by atoms with Crippen LogP contribution >= 0.6 is 11.6 Å². The number of piperidine rings is 1. The highest BCUT2D eigenvalue weighted by Crippen LogP contribution is 2.38. The first-order valence-corrected chi connectivity index (χ1v) is 5.95. The normalized spacial score (nSPS) is 17.2. The molecule has 0 atom stereocenters. The summed E-state index contributed by atoms with van der Waals surface area (Å²) >= 11 is 5.68. The van der Waals surface area contributed by atoms with Crippen molar-refractivity contribution in [2.45, 2.75) is 18.8 Å². The molecule has 1 aliphatic rings. The fraction of sp³-hybridized carbons (Fsp3) is 0.500.